The maximum absolute atomic E-state index is 9.98. The molecule has 0 aromatic heterocycles. The molecule has 62 valence electrons. The molecule has 0 rings (SSSR count). The number of hydrogen-bond acceptors (Lipinski definition) is 4. The quantitative estimate of drug-likeness (QED) is 0.348. The van der Waals surface area contributed by atoms with Crippen LogP contribution >= 0.6 is 0 Å². The fraction of sp³-hybridized carbons (Fsp3) is 1.00. The molecule has 0 bridgehead atoms. The first kappa shape index (κ1) is 14.4. The second-order valence-corrected chi connectivity index (χ2v) is 3.00. The van der Waals surface area contributed by atoms with Crippen LogP contribution < -0.4 is 34.3 Å². The molecule has 0 saturated carbocycles. The first-order valence-corrected chi connectivity index (χ1v) is 4.24. The predicted octanol–water partition coefficient (Wildman–Crippen LogP) is -4.19. The van der Waals surface area contributed by atoms with E-state index in [1.165, 1.54) is 0 Å². The SMILES string of the molecule is CCC(CO)NS(=O)(=O)[O-].[Na+]. The van der Waals surface area contributed by atoms with Gasteiger partial charge in [0.15, 0.2) is 10.3 Å². The van der Waals surface area contributed by atoms with Crippen LogP contribution in [0.15, 0.2) is 0 Å². The second kappa shape index (κ2) is 6.36. The van der Waals surface area contributed by atoms with Gasteiger partial charge in [0.25, 0.3) is 0 Å². The normalized spacial score (nSPS) is 13.7. The van der Waals surface area contributed by atoms with Crippen molar-refractivity contribution < 1.29 is 47.6 Å². The average molecular weight is 191 g/mol. The zero-order valence-corrected chi connectivity index (χ0v) is 9.39. The molecule has 1 atom stereocenters. The number of aliphatic hydroxyl groups excluding tert-OH is 1. The van der Waals surface area contributed by atoms with Crippen LogP contribution in [-0.4, -0.2) is 30.7 Å². The third kappa shape index (κ3) is 8.74. The molecule has 0 heterocycles. The first-order chi connectivity index (χ1) is 4.49. The van der Waals surface area contributed by atoms with Crippen LogP contribution in [0, 0.1) is 0 Å². The molecule has 0 aromatic carbocycles. The van der Waals surface area contributed by atoms with Gasteiger partial charge in [-0.05, 0) is 6.42 Å². The number of rotatable bonds is 4. The zero-order chi connectivity index (χ0) is 8.20. The van der Waals surface area contributed by atoms with Crippen molar-refractivity contribution in [3.05, 3.63) is 0 Å². The van der Waals surface area contributed by atoms with Gasteiger partial charge in [-0.3, -0.25) is 0 Å². The Morgan fingerprint density at radius 1 is 1.64 bits per heavy atom. The van der Waals surface area contributed by atoms with Crippen LogP contribution in [0.3, 0.4) is 0 Å². The van der Waals surface area contributed by atoms with Crippen molar-refractivity contribution in [3.8, 4) is 0 Å². The van der Waals surface area contributed by atoms with Gasteiger partial charge in [0.05, 0.1) is 6.61 Å². The van der Waals surface area contributed by atoms with Crippen molar-refractivity contribution in [1.82, 2.24) is 4.72 Å². The molecular weight excluding hydrogens is 181 g/mol. The molecule has 0 radical (unpaired) electrons. The molecule has 1 unspecified atom stereocenters. The Labute approximate surface area is 88.4 Å². The first-order valence-electron chi connectivity index (χ1n) is 2.83. The molecule has 0 aliphatic rings. The second-order valence-electron chi connectivity index (χ2n) is 1.86. The van der Waals surface area contributed by atoms with Gasteiger partial charge in [-0.2, -0.15) is 0 Å². The molecule has 7 heteroatoms. The summed E-state index contributed by atoms with van der Waals surface area (Å²) in [6.45, 7) is 1.32. The molecule has 0 spiro atoms. The summed E-state index contributed by atoms with van der Waals surface area (Å²) >= 11 is 0. The Bertz CT molecular complexity index is 177. The van der Waals surface area contributed by atoms with Gasteiger partial charge in [0.1, 0.15) is 0 Å². The van der Waals surface area contributed by atoms with Gasteiger partial charge < -0.3 is 9.66 Å². The summed E-state index contributed by atoms with van der Waals surface area (Å²) in [7, 11) is -4.41. The van der Waals surface area contributed by atoms with E-state index in [0.717, 1.165) is 0 Å². The largest absolute Gasteiger partial charge is 1.00 e. The van der Waals surface area contributed by atoms with Gasteiger partial charge in [-0.1, -0.05) is 6.92 Å². The summed E-state index contributed by atoms with van der Waals surface area (Å²) in [5, 5.41) is 8.42. The summed E-state index contributed by atoms with van der Waals surface area (Å²) < 4.78 is 31.7. The number of hydrogen-bond donors (Lipinski definition) is 2. The smallest absolute Gasteiger partial charge is 0.735 e. The maximum atomic E-state index is 9.98. The van der Waals surface area contributed by atoms with E-state index in [1.807, 2.05) is 0 Å². The summed E-state index contributed by atoms with van der Waals surface area (Å²) in [4.78, 5) is 0. The molecule has 0 fully saturated rings. The van der Waals surface area contributed by atoms with E-state index >= 15 is 0 Å². The molecule has 11 heavy (non-hydrogen) atoms. The maximum Gasteiger partial charge on any atom is 1.00 e. The summed E-state index contributed by atoms with van der Waals surface area (Å²) in [5.41, 5.74) is 0. The Morgan fingerprint density at radius 2 is 2.09 bits per heavy atom. The van der Waals surface area contributed by atoms with Crippen LogP contribution in [0.4, 0.5) is 0 Å². The minimum Gasteiger partial charge on any atom is -0.735 e. The van der Waals surface area contributed by atoms with Gasteiger partial charge in [0, 0.05) is 6.04 Å². The predicted molar refractivity (Wildman–Crippen MR) is 34.0 cm³/mol. The molecule has 5 nitrogen and oxygen atoms in total. The van der Waals surface area contributed by atoms with Crippen LogP contribution in [-0.2, 0) is 10.3 Å². The van der Waals surface area contributed by atoms with Crippen molar-refractivity contribution in [2.75, 3.05) is 6.61 Å². The number of aliphatic hydroxyl groups is 1. The summed E-state index contributed by atoms with van der Waals surface area (Å²) in [6, 6.07) is -0.650. The van der Waals surface area contributed by atoms with Crippen molar-refractivity contribution in [2.45, 2.75) is 19.4 Å². The van der Waals surface area contributed by atoms with E-state index in [-0.39, 0.29) is 36.2 Å². The molecule has 2 N–H and O–H groups in total. The van der Waals surface area contributed by atoms with Crippen LogP contribution in [0.1, 0.15) is 13.3 Å². The van der Waals surface area contributed by atoms with Crippen molar-refractivity contribution in [1.29, 1.82) is 0 Å². The number of nitrogens with one attached hydrogen (secondary N) is 1. The van der Waals surface area contributed by atoms with Crippen LogP contribution in [0.25, 0.3) is 0 Å². The average Bonchev–Trinajstić information content (AvgIpc) is 1.81. The van der Waals surface area contributed by atoms with Crippen molar-refractivity contribution in [3.63, 3.8) is 0 Å². The van der Waals surface area contributed by atoms with Gasteiger partial charge in [-0.25, -0.2) is 13.1 Å². The molecule has 0 aromatic rings. The van der Waals surface area contributed by atoms with E-state index in [9.17, 15) is 13.0 Å². The van der Waals surface area contributed by atoms with Crippen molar-refractivity contribution in [2.24, 2.45) is 0 Å². The van der Waals surface area contributed by atoms with Gasteiger partial charge >= 0.3 is 29.6 Å². The van der Waals surface area contributed by atoms with E-state index < -0.39 is 16.3 Å². The minimum absolute atomic E-state index is 0. The standard InChI is InChI=1S/C4H11NO4S.Na/c1-2-4(3-6)5-10(7,8)9;/h4-6H,2-3H2,1H3,(H,7,8,9);/q;+1/p-1. The third-order valence-corrected chi connectivity index (χ3v) is 1.65. The monoisotopic (exact) mass is 191 g/mol. The summed E-state index contributed by atoms with van der Waals surface area (Å²) in [5.74, 6) is 0. The third-order valence-electron chi connectivity index (χ3n) is 1.02. The van der Waals surface area contributed by atoms with Gasteiger partial charge in [0.2, 0.25) is 0 Å². The minimum atomic E-state index is -4.41. The van der Waals surface area contributed by atoms with Crippen molar-refractivity contribution >= 4 is 10.3 Å². The van der Waals surface area contributed by atoms with Crippen LogP contribution in [0.2, 0.25) is 0 Å². The summed E-state index contributed by atoms with van der Waals surface area (Å²) in [6.07, 6.45) is 0.401. The van der Waals surface area contributed by atoms with E-state index in [1.54, 1.807) is 11.6 Å². The Balaban J connectivity index is 0. The molecule has 0 aliphatic heterocycles. The van der Waals surface area contributed by atoms with E-state index in [2.05, 4.69) is 0 Å². The Hall–Kier alpha value is 0.830. The fourth-order valence-electron chi connectivity index (χ4n) is 0.454. The Morgan fingerprint density at radius 3 is 2.18 bits per heavy atom. The van der Waals surface area contributed by atoms with E-state index in [0.29, 0.717) is 6.42 Å². The molecular formula is C4H10NNaO4S. The molecule has 0 amide bonds. The van der Waals surface area contributed by atoms with E-state index in [4.69, 9.17) is 5.11 Å². The van der Waals surface area contributed by atoms with Gasteiger partial charge in [-0.15, -0.1) is 0 Å². The topological polar surface area (TPSA) is 89.5 Å². The fourth-order valence-corrected chi connectivity index (χ4v) is 1.10. The van der Waals surface area contributed by atoms with Crippen LogP contribution in [0.5, 0.6) is 0 Å². The molecule has 0 aliphatic carbocycles. The zero-order valence-electron chi connectivity index (χ0n) is 6.57. The Kier molecular flexibility index (Phi) is 8.30. The molecule has 0 saturated heterocycles.